The molecule has 0 heterocycles. The lowest BCUT2D eigenvalue weighted by molar-refractivity contribution is -0.147. The number of halogens is 1. The van der Waals surface area contributed by atoms with Gasteiger partial charge in [-0.1, -0.05) is 36.4 Å². The van der Waals surface area contributed by atoms with Crippen molar-refractivity contribution >= 4 is 5.97 Å². The third-order valence-electron chi connectivity index (χ3n) is 5.81. The van der Waals surface area contributed by atoms with Gasteiger partial charge in [-0.25, -0.2) is 4.39 Å². The van der Waals surface area contributed by atoms with E-state index < -0.39 is 18.3 Å². The number of benzene rings is 1. The molecule has 6 heteroatoms. The molecule has 0 aliphatic heterocycles. The molecular formula is C26H37FO5. The molecule has 5 nitrogen and oxygen atoms in total. The molecule has 2 rings (SSSR count). The largest absolute Gasteiger partial charge is 0.463 e. The minimum absolute atomic E-state index is 0.0975. The van der Waals surface area contributed by atoms with E-state index in [9.17, 15) is 24.5 Å². The summed E-state index contributed by atoms with van der Waals surface area (Å²) in [5.41, 5.74) is 0.954. The van der Waals surface area contributed by atoms with Crippen LogP contribution in [0.3, 0.4) is 0 Å². The standard InChI is InChI=1S/C26H37FO5/c1-18(2)32-26(31)8-6-4-3-5-7-22-23(25(30)17-24(22)29)16-15-21(28)14-11-19-9-12-20(27)13-10-19/h3,5,9-10,12-13,15-16,18,21-25,28-30H,4,6-8,11,14,17H2,1-2H3/b5-3-,16-15+/t21?,22-,23-,24?,25?/m1/s1. The van der Waals surface area contributed by atoms with Crippen LogP contribution in [0.25, 0.3) is 0 Å². The maximum Gasteiger partial charge on any atom is 0.306 e. The Morgan fingerprint density at radius 1 is 1.19 bits per heavy atom. The van der Waals surface area contributed by atoms with Gasteiger partial charge in [0.2, 0.25) is 0 Å². The summed E-state index contributed by atoms with van der Waals surface area (Å²) in [6, 6.07) is 6.23. The normalized spacial score (nSPS) is 24.6. The highest BCUT2D eigenvalue weighted by Gasteiger charge is 2.39. The highest BCUT2D eigenvalue weighted by molar-refractivity contribution is 5.69. The number of esters is 1. The second-order valence-corrected chi connectivity index (χ2v) is 8.87. The number of rotatable bonds is 12. The minimum atomic E-state index is -0.674. The molecule has 0 amide bonds. The minimum Gasteiger partial charge on any atom is -0.463 e. The Hall–Kier alpha value is -2.02. The SMILES string of the molecule is CC(C)OC(=O)CCC/C=C\C[C@H]1C(O)CC(O)[C@@H]1/C=C/C(O)CCc1ccc(F)cc1. The molecule has 1 aliphatic rings. The van der Waals surface area contributed by atoms with Crippen LogP contribution in [0.5, 0.6) is 0 Å². The van der Waals surface area contributed by atoms with Crippen LogP contribution in [0.2, 0.25) is 0 Å². The molecule has 0 spiro atoms. The van der Waals surface area contributed by atoms with Crippen LogP contribution >= 0.6 is 0 Å². The number of aliphatic hydroxyl groups is 3. The molecule has 0 radical (unpaired) electrons. The summed E-state index contributed by atoms with van der Waals surface area (Å²) in [5, 5.41) is 31.0. The maximum atomic E-state index is 13.0. The number of unbranched alkanes of at least 4 members (excludes halogenated alkanes) is 1. The van der Waals surface area contributed by atoms with Crippen LogP contribution in [-0.4, -0.2) is 45.7 Å². The lowest BCUT2D eigenvalue weighted by atomic mass is 9.89. The molecule has 0 bridgehead atoms. The van der Waals surface area contributed by atoms with Gasteiger partial charge >= 0.3 is 5.97 Å². The molecule has 178 valence electrons. The Morgan fingerprint density at radius 2 is 1.91 bits per heavy atom. The van der Waals surface area contributed by atoms with Gasteiger partial charge < -0.3 is 20.1 Å². The predicted octanol–water partition coefficient (Wildman–Crippen LogP) is 4.10. The fourth-order valence-electron chi connectivity index (χ4n) is 4.08. The highest BCUT2D eigenvalue weighted by Crippen LogP contribution is 2.36. The zero-order valence-electron chi connectivity index (χ0n) is 19.1. The lowest BCUT2D eigenvalue weighted by Crippen LogP contribution is -2.20. The summed E-state index contributed by atoms with van der Waals surface area (Å²) >= 11 is 0. The van der Waals surface area contributed by atoms with Crippen molar-refractivity contribution in [1.29, 1.82) is 0 Å². The Labute approximate surface area is 190 Å². The van der Waals surface area contributed by atoms with Gasteiger partial charge in [0.15, 0.2) is 0 Å². The van der Waals surface area contributed by atoms with Crippen molar-refractivity contribution in [2.24, 2.45) is 11.8 Å². The van der Waals surface area contributed by atoms with E-state index in [1.807, 2.05) is 32.1 Å². The average molecular weight is 449 g/mol. The fraction of sp³-hybridized carbons (Fsp3) is 0.577. The number of carbonyl (C=O) groups excluding carboxylic acids is 1. The van der Waals surface area contributed by atoms with Crippen molar-refractivity contribution in [3.63, 3.8) is 0 Å². The van der Waals surface area contributed by atoms with Crippen molar-refractivity contribution in [3.05, 3.63) is 60.0 Å². The molecule has 5 atom stereocenters. The topological polar surface area (TPSA) is 87.0 Å². The van der Waals surface area contributed by atoms with Gasteiger partial charge in [0, 0.05) is 18.8 Å². The van der Waals surface area contributed by atoms with Crippen molar-refractivity contribution in [1.82, 2.24) is 0 Å². The zero-order valence-corrected chi connectivity index (χ0v) is 19.1. The summed E-state index contributed by atoms with van der Waals surface area (Å²) in [5.74, 6) is -0.813. The Morgan fingerprint density at radius 3 is 2.59 bits per heavy atom. The zero-order chi connectivity index (χ0) is 23.5. The Bertz CT molecular complexity index is 743. The van der Waals surface area contributed by atoms with Gasteiger partial charge in [0.25, 0.3) is 0 Å². The second kappa shape index (κ2) is 13.5. The molecule has 3 N–H and O–H groups in total. The Kier molecular flexibility index (Phi) is 11.1. The summed E-state index contributed by atoms with van der Waals surface area (Å²) in [6.45, 7) is 3.66. The molecule has 32 heavy (non-hydrogen) atoms. The van der Waals surface area contributed by atoms with Crippen LogP contribution < -0.4 is 0 Å². The van der Waals surface area contributed by atoms with E-state index in [4.69, 9.17) is 4.74 Å². The highest BCUT2D eigenvalue weighted by atomic mass is 19.1. The third-order valence-corrected chi connectivity index (χ3v) is 5.81. The first-order chi connectivity index (χ1) is 15.3. The second-order valence-electron chi connectivity index (χ2n) is 8.87. The predicted molar refractivity (Wildman–Crippen MR) is 122 cm³/mol. The van der Waals surface area contributed by atoms with Crippen molar-refractivity contribution < 1.29 is 29.2 Å². The van der Waals surface area contributed by atoms with Crippen molar-refractivity contribution in [3.8, 4) is 0 Å². The van der Waals surface area contributed by atoms with Crippen LogP contribution in [0, 0.1) is 17.7 Å². The number of aryl methyl sites for hydroxylation is 1. The van der Waals surface area contributed by atoms with Gasteiger partial charge in [0.1, 0.15) is 5.82 Å². The van der Waals surface area contributed by atoms with Crippen LogP contribution in [-0.2, 0) is 16.0 Å². The lowest BCUT2D eigenvalue weighted by Gasteiger charge is -2.19. The van der Waals surface area contributed by atoms with Crippen LogP contribution in [0.1, 0.15) is 57.9 Å². The molecule has 1 aliphatic carbocycles. The van der Waals surface area contributed by atoms with Crippen molar-refractivity contribution in [2.45, 2.75) is 83.2 Å². The molecule has 0 aromatic heterocycles. The first-order valence-corrected chi connectivity index (χ1v) is 11.6. The fourth-order valence-corrected chi connectivity index (χ4v) is 4.08. The van der Waals surface area contributed by atoms with Gasteiger partial charge in [-0.15, -0.1) is 0 Å². The van der Waals surface area contributed by atoms with E-state index in [-0.39, 0.29) is 29.7 Å². The van der Waals surface area contributed by atoms with E-state index in [0.717, 1.165) is 12.0 Å². The van der Waals surface area contributed by atoms with Gasteiger partial charge in [-0.2, -0.15) is 0 Å². The molecule has 1 saturated carbocycles. The molecule has 1 aromatic rings. The monoisotopic (exact) mass is 448 g/mol. The Balaban J connectivity index is 1.77. The van der Waals surface area contributed by atoms with Gasteiger partial charge in [-0.05, 0) is 69.6 Å². The average Bonchev–Trinajstić information content (AvgIpc) is 3.00. The number of carbonyl (C=O) groups is 1. The number of hydrogen-bond acceptors (Lipinski definition) is 5. The molecular weight excluding hydrogens is 411 g/mol. The molecule has 3 unspecified atom stereocenters. The van der Waals surface area contributed by atoms with Gasteiger partial charge in [-0.3, -0.25) is 4.79 Å². The number of ether oxygens (including phenoxy) is 1. The van der Waals surface area contributed by atoms with E-state index in [2.05, 4.69) is 0 Å². The van der Waals surface area contributed by atoms with Crippen LogP contribution in [0.4, 0.5) is 4.39 Å². The number of aliphatic hydroxyl groups excluding tert-OH is 3. The molecule has 1 aromatic carbocycles. The first-order valence-electron chi connectivity index (χ1n) is 11.6. The summed E-state index contributed by atoms with van der Waals surface area (Å²) in [6.07, 6.45) is 9.39. The summed E-state index contributed by atoms with van der Waals surface area (Å²) in [7, 11) is 0. The number of hydrogen-bond donors (Lipinski definition) is 3. The third kappa shape index (κ3) is 9.23. The van der Waals surface area contributed by atoms with Crippen LogP contribution in [0.15, 0.2) is 48.6 Å². The van der Waals surface area contributed by atoms with E-state index >= 15 is 0 Å². The maximum absolute atomic E-state index is 13.0. The van der Waals surface area contributed by atoms with E-state index in [1.54, 1.807) is 18.2 Å². The first kappa shape index (κ1) is 26.2. The molecule has 1 fully saturated rings. The smallest absolute Gasteiger partial charge is 0.306 e. The number of allylic oxidation sites excluding steroid dienone is 2. The van der Waals surface area contributed by atoms with E-state index in [1.165, 1.54) is 12.1 Å². The quantitative estimate of drug-likeness (QED) is 0.255. The molecule has 0 saturated heterocycles. The summed E-state index contributed by atoms with van der Waals surface area (Å²) in [4.78, 5) is 11.5. The van der Waals surface area contributed by atoms with Crippen molar-refractivity contribution in [2.75, 3.05) is 0 Å². The summed E-state index contributed by atoms with van der Waals surface area (Å²) < 4.78 is 18.1. The van der Waals surface area contributed by atoms with Gasteiger partial charge in [0.05, 0.1) is 24.4 Å². The van der Waals surface area contributed by atoms with E-state index in [0.29, 0.717) is 38.5 Å².